The molecule has 0 atom stereocenters. The zero-order chi connectivity index (χ0) is 12.5. The fourth-order valence-corrected chi connectivity index (χ4v) is 1.92. The molecular formula is C13H13N5. The van der Waals surface area contributed by atoms with E-state index in [4.69, 9.17) is 0 Å². The van der Waals surface area contributed by atoms with Crippen LogP contribution in [0.25, 0.3) is 22.4 Å². The summed E-state index contributed by atoms with van der Waals surface area (Å²) in [5.41, 5.74) is 2.94. The summed E-state index contributed by atoms with van der Waals surface area (Å²) < 4.78 is 0. The minimum Gasteiger partial charge on any atom is -0.373 e. The number of fused-ring (bicyclic) bond motifs is 1. The molecule has 0 aliphatic heterocycles. The number of pyridine rings is 1. The Morgan fingerprint density at radius 1 is 1.28 bits per heavy atom. The highest BCUT2D eigenvalue weighted by Crippen LogP contribution is 2.25. The van der Waals surface area contributed by atoms with Gasteiger partial charge in [0.25, 0.3) is 0 Å². The summed E-state index contributed by atoms with van der Waals surface area (Å²) in [4.78, 5) is 16.2. The summed E-state index contributed by atoms with van der Waals surface area (Å²) in [6, 6.07) is 3.92. The molecule has 2 N–H and O–H groups in total. The second kappa shape index (κ2) is 4.10. The van der Waals surface area contributed by atoms with E-state index >= 15 is 0 Å². The summed E-state index contributed by atoms with van der Waals surface area (Å²) in [6.07, 6.45) is 5.48. The highest BCUT2D eigenvalue weighted by atomic mass is 15.0. The first kappa shape index (κ1) is 10.7. The summed E-state index contributed by atoms with van der Waals surface area (Å²) in [6.45, 7) is 2.02. The van der Waals surface area contributed by atoms with Gasteiger partial charge in [0.15, 0.2) is 5.82 Å². The monoisotopic (exact) mass is 239 g/mol. The third kappa shape index (κ3) is 1.69. The number of nitrogens with zero attached hydrogens (tertiary/aromatic N) is 3. The highest BCUT2D eigenvalue weighted by molar-refractivity contribution is 5.91. The van der Waals surface area contributed by atoms with Crippen LogP contribution in [0.4, 0.5) is 5.82 Å². The summed E-state index contributed by atoms with van der Waals surface area (Å²) in [7, 11) is 1.84. The van der Waals surface area contributed by atoms with Crippen LogP contribution in [0.3, 0.4) is 0 Å². The Labute approximate surface area is 104 Å². The van der Waals surface area contributed by atoms with Gasteiger partial charge in [0.05, 0.1) is 0 Å². The van der Waals surface area contributed by atoms with Gasteiger partial charge in [-0.3, -0.25) is 0 Å². The minimum absolute atomic E-state index is 0.695. The Bertz CT molecular complexity index is 701. The molecule has 3 aromatic rings. The first-order chi connectivity index (χ1) is 8.78. The van der Waals surface area contributed by atoms with Gasteiger partial charge in [0.2, 0.25) is 0 Å². The first-order valence-electron chi connectivity index (χ1n) is 5.73. The Balaban J connectivity index is 2.21. The number of nitrogens with one attached hydrogen (secondary N) is 2. The van der Waals surface area contributed by atoms with Gasteiger partial charge in [0, 0.05) is 36.6 Å². The van der Waals surface area contributed by atoms with Crippen LogP contribution in [0.1, 0.15) is 5.56 Å². The Morgan fingerprint density at radius 2 is 2.17 bits per heavy atom. The van der Waals surface area contributed by atoms with Crippen molar-refractivity contribution in [1.29, 1.82) is 0 Å². The molecule has 0 spiro atoms. The van der Waals surface area contributed by atoms with Crippen LogP contribution in [0.15, 0.2) is 30.7 Å². The topological polar surface area (TPSA) is 66.5 Å². The van der Waals surface area contributed by atoms with Crippen LogP contribution in [0.5, 0.6) is 0 Å². The molecule has 0 unspecified atom stereocenters. The van der Waals surface area contributed by atoms with Gasteiger partial charge in [-0.25, -0.2) is 15.0 Å². The number of aromatic amines is 1. The Morgan fingerprint density at radius 3 is 3.00 bits per heavy atom. The van der Waals surface area contributed by atoms with E-state index in [1.54, 1.807) is 6.20 Å². The summed E-state index contributed by atoms with van der Waals surface area (Å²) in [5, 5.41) is 4.06. The van der Waals surface area contributed by atoms with E-state index in [0.717, 1.165) is 28.0 Å². The lowest BCUT2D eigenvalue weighted by Crippen LogP contribution is -1.95. The van der Waals surface area contributed by atoms with Crippen molar-refractivity contribution < 1.29 is 0 Å². The number of hydrogen-bond acceptors (Lipinski definition) is 4. The van der Waals surface area contributed by atoms with E-state index in [2.05, 4.69) is 31.3 Å². The molecule has 0 radical (unpaired) electrons. The van der Waals surface area contributed by atoms with Crippen LogP contribution < -0.4 is 5.32 Å². The number of anilines is 1. The van der Waals surface area contributed by atoms with Crippen molar-refractivity contribution in [3.63, 3.8) is 0 Å². The minimum atomic E-state index is 0.695. The molecule has 5 nitrogen and oxygen atoms in total. The third-order valence-electron chi connectivity index (χ3n) is 2.82. The average Bonchev–Trinajstić information content (AvgIpc) is 2.81. The van der Waals surface area contributed by atoms with Crippen LogP contribution >= 0.6 is 0 Å². The fraction of sp³-hybridized carbons (Fsp3) is 0.154. The lowest BCUT2D eigenvalue weighted by atomic mass is 10.2. The second-order valence-corrected chi connectivity index (χ2v) is 4.13. The molecule has 0 aliphatic rings. The normalized spacial score (nSPS) is 10.8. The van der Waals surface area contributed by atoms with Crippen molar-refractivity contribution in [2.75, 3.05) is 12.4 Å². The summed E-state index contributed by atoms with van der Waals surface area (Å²) >= 11 is 0. The van der Waals surface area contributed by atoms with Gasteiger partial charge in [-0.2, -0.15) is 0 Å². The molecule has 0 bridgehead atoms. The maximum Gasteiger partial charge on any atom is 0.163 e. The van der Waals surface area contributed by atoms with Crippen molar-refractivity contribution in [3.8, 4) is 11.4 Å². The van der Waals surface area contributed by atoms with Gasteiger partial charge < -0.3 is 10.3 Å². The average molecular weight is 239 g/mol. The maximum absolute atomic E-state index is 4.44. The zero-order valence-electron chi connectivity index (χ0n) is 10.2. The van der Waals surface area contributed by atoms with E-state index in [1.807, 2.05) is 32.4 Å². The van der Waals surface area contributed by atoms with Crippen molar-refractivity contribution in [3.05, 3.63) is 36.3 Å². The fourth-order valence-electron chi connectivity index (χ4n) is 1.92. The van der Waals surface area contributed by atoms with Crippen LogP contribution in [0, 0.1) is 6.92 Å². The molecule has 0 amide bonds. The molecule has 3 heterocycles. The molecule has 5 heteroatoms. The largest absolute Gasteiger partial charge is 0.373 e. The van der Waals surface area contributed by atoms with Crippen LogP contribution in [-0.4, -0.2) is 27.0 Å². The van der Waals surface area contributed by atoms with Crippen molar-refractivity contribution in [1.82, 2.24) is 19.9 Å². The zero-order valence-corrected chi connectivity index (χ0v) is 10.2. The first-order valence-corrected chi connectivity index (χ1v) is 5.73. The number of aryl methyl sites for hydroxylation is 1. The van der Waals surface area contributed by atoms with Crippen molar-refractivity contribution >= 4 is 16.9 Å². The number of hydrogen-bond donors (Lipinski definition) is 2. The summed E-state index contributed by atoms with van der Waals surface area (Å²) in [5.74, 6) is 1.50. The molecular weight excluding hydrogens is 226 g/mol. The van der Waals surface area contributed by atoms with Gasteiger partial charge in [0.1, 0.15) is 11.5 Å². The Hall–Kier alpha value is -2.43. The SMILES string of the molecule is CNc1ccnc(-c2c[nH]c3ncc(C)cc23)n1. The van der Waals surface area contributed by atoms with Gasteiger partial charge >= 0.3 is 0 Å². The maximum atomic E-state index is 4.44. The molecule has 0 aliphatic carbocycles. The lowest BCUT2D eigenvalue weighted by molar-refractivity contribution is 1.17. The van der Waals surface area contributed by atoms with E-state index in [9.17, 15) is 0 Å². The lowest BCUT2D eigenvalue weighted by Gasteiger charge is -2.02. The molecule has 90 valence electrons. The van der Waals surface area contributed by atoms with E-state index in [1.165, 1.54) is 0 Å². The van der Waals surface area contributed by atoms with Gasteiger partial charge in [-0.15, -0.1) is 0 Å². The van der Waals surface area contributed by atoms with Crippen molar-refractivity contribution in [2.45, 2.75) is 6.92 Å². The van der Waals surface area contributed by atoms with Crippen molar-refractivity contribution in [2.24, 2.45) is 0 Å². The van der Waals surface area contributed by atoms with Crippen LogP contribution in [0.2, 0.25) is 0 Å². The Kier molecular flexibility index (Phi) is 2.44. The predicted molar refractivity (Wildman–Crippen MR) is 71.4 cm³/mol. The van der Waals surface area contributed by atoms with Gasteiger partial charge in [-0.05, 0) is 24.6 Å². The number of H-pyrrole nitrogens is 1. The standard InChI is InChI=1S/C13H13N5/c1-8-5-9-10(7-17-12(9)16-6-8)13-15-4-3-11(14-2)18-13/h3-7H,1-2H3,(H,16,17)(H,14,15,18). The highest BCUT2D eigenvalue weighted by Gasteiger charge is 2.09. The molecule has 0 saturated carbocycles. The number of rotatable bonds is 2. The molecule has 0 fully saturated rings. The molecule has 18 heavy (non-hydrogen) atoms. The molecule has 3 aromatic heterocycles. The molecule has 0 saturated heterocycles. The van der Waals surface area contributed by atoms with Gasteiger partial charge in [-0.1, -0.05) is 0 Å². The van der Waals surface area contributed by atoms with E-state index < -0.39 is 0 Å². The smallest absolute Gasteiger partial charge is 0.163 e. The number of aromatic nitrogens is 4. The second-order valence-electron chi connectivity index (χ2n) is 4.13. The van der Waals surface area contributed by atoms with E-state index in [-0.39, 0.29) is 0 Å². The third-order valence-corrected chi connectivity index (χ3v) is 2.82. The van der Waals surface area contributed by atoms with Crippen LogP contribution in [-0.2, 0) is 0 Å². The molecule has 3 rings (SSSR count). The molecule has 0 aromatic carbocycles. The van der Waals surface area contributed by atoms with E-state index in [0.29, 0.717) is 5.82 Å². The quantitative estimate of drug-likeness (QED) is 0.720. The predicted octanol–water partition coefficient (Wildman–Crippen LogP) is 2.37.